The van der Waals surface area contributed by atoms with Gasteiger partial charge in [-0.1, -0.05) is 16.8 Å². The molecule has 0 atom stereocenters. The van der Waals surface area contributed by atoms with Gasteiger partial charge >= 0.3 is 57.3 Å². The smallest absolute Gasteiger partial charge is 0.545 e. The summed E-state index contributed by atoms with van der Waals surface area (Å²) in [5.74, 6) is -7.32. The Labute approximate surface area is 222 Å². The number of nitrogens with zero attached hydrogens (tertiary/aromatic N) is 2. The number of phenols is 1. The number of aromatic nitrogens is 2. The third kappa shape index (κ3) is 5.73. The molecular weight excluding hydrogens is 463 g/mol. The van der Waals surface area contributed by atoms with Crippen molar-refractivity contribution in [2.45, 2.75) is 25.8 Å². The number of phenolic OH excluding ortho intramolecular Hbond substituents is 1. The Balaban J connectivity index is 0.00000341. The summed E-state index contributed by atoms with van der Waals surface area (Å²) in [7, 11) is 0. The van der Waals surface area contributed by atoms with Gasteiger partial charge in [-0.25, -0.2) is 0 Å². The fourth-order valence-electron chi connectivity index (χ4n) is 2.67. The summed E-state index contributed by atoms with van der Waals surface area (Å²) in [6, 6.07) is 5.62. The van der Waals surface area contributed by atoms with Crippen molar-refractivity contribution in [2.75, 3.05) is 5.32 Å². The number of halogens is 3. The van der Waals surface area contributed by atoms with E-state index in [4.69, 9.17) is 16.1 Å². The van der Waals surface area contributed by atoms with Crippen molar-refractivity contribution in [3.05, 3.63) is 52.9 Å². The molecule has 3 rings (SSSR count). The molecule has 0 saturated heterocycles. The van der Waals surface area contributed by atoms with Gasteiger partial charge < -0.3 is 29.4 Å². The quantitative estimate of drug-likeness (QED) is 0.451. The zero-order valence-electron chi connectivity index (χ0n) is 16.5. The molecule has 0 fully saturated rings. The van der Waals surface area contributed by atoms with Gasteiger partial charge in [0.15, 0.2) is 5.76 Å². The van der Waals surface area contributed by atoms with Crippen molar-refractivity contribution in [3.8, 4) is 17.1 Å². The third-order valence-corrected chi connectivity index (χ3v) is 4.65. The second-order valence-corrected chi connectivity index (χ2v) is 6.74. The van der Waals surface area contributed by atoms with Crippen molar-refractivity contribution in [1.82, 2.24) is 9.72 Å². The predicted molar refractivity (Wildman–Crippen MR) is 100 cm³/mol. The standard InChI is InChI=1S/C19H16ClF2N3O5.K/c1-2-25-8-12(17(27)28)14(9-25)23-18(29)19(21,22)7-13-15(20)16(30-24-13)10-3-5-11(26)6-4-10;/h3-6,8-9,26H,2,7H2,1H3,(H,23,29)(H,27,28);/q;+1/p-1. The van der Waals surface area contributed by atoms with Crippen LogP contribution in [0.3, 0.4) is 0 Å². The first-order chi connectivity index (χ1) is 14.1. The topological polar surface area (TPSA) is 120 Å². The van der Waals surface area contributed by atoms with E-state index in [0.717, 1.165) is 0 Å². The summed E-state index contributed by atoms with van der Waals surface area (Å²) < 4.78 is 35.4. The molecule has 0 bridgehead atoms. The summed E-state index contributed by atoms with van der Waals surface area (Å²) in [4.78, 5) is 23.3. The van der Waals surface area contributed by atoms with E-state index in [9.17, 15) is 28.6 Å². The average molecular weight is 478 g/mol. The van der Waals surface area contributed by atoms with Crippen molar-refractivity contribution in [3.63, 3.8) is 0 Å². The molecule has 0 unspecified atom stereocenters. The maximum atomic E-state index is 14.5. The maximum absolute atomic E-state index is 14.5. The molecule has 0 aliphatic carbocycles. The van der Waals surface area contributed by atoms with Gasteiger partial charge in [0, 0.05) is 30.1 Å². The van der Waals surface area contributed by atoms with E-state index in [0.29, 0.717) is 12.1 Å². The second kappa shape index (κ2) is 10.2. The van der Waals surface area contributed by atoms with Crippen LogP contribution in [0.5, 0.6) is 5.75 Å². The number of anilines is 1. The first kappa shape index (κ1) is 25.5. The van der Waals surface area contributed by atoms with Crippen LogP contribution in [0.4, 0.5) is 14.5 Å². The summed E-state index contributed by atoms with van der Waals surface area (Å²) in [6.07, 6.45) is 1.21. The molecule has 0 aliphatic heterocycles. The molecule has 3 aromatic rings. The SMILES string of the molecule is CCn1cc(NC(=O)C(F)(F)Cc2noc(-c3ccc(O)cc3)c2Cl)c(C(=O)[O-])c1.[K+]. The normalized spacial score (nSPS) is 11.1. The van der Waals surface area contributed by atoms with Crippen LogP contribution in [0.2, 0.25) is 5.02 Å². The van der Waals surface area contributed by atoms with Gasteiger partial charge in [0.25, 0.3) is 5.91 Å². The van der Waals surface area contributed by atoms with E-state index in [1.54, 1.807) is 6.92 Å². The third-order valence-electron chi connectivity index (χ3n) is 4.26. The van der Waals surface area contributed by atoms with E-state index in [1.165, 1.54) is 41.2 Å². The molecule has 2 aromatic heterocycles. The molecule has 1 amide bonds. The van der Waals surface area contributed by atoms with Gasteiger partial charge in [0.05, 0.1) is 18.1 Å². The van der Waals surface area contributed by atoms with Gasteiger partial charge in [-0.2, -0.15) is 8.78 Å². The first-order valence-corrected chi connectivity index (χ1v) is 9.04. The number of nitrogens with one attached hydrogen (secondary N) is 1. The molecule has 1 aromatic carbocycles. The molecule has 12 heteroatoms. The number of aromatic carboxylic acids is 1. The Kier molecular flexibility index (Phi) is 8.42. The zero-order chi connectivity index (χ0) is 22.1. The Morgan fingerprint density at radius 3 is 2.52 bits per heavy atom. The molecular formula is C19H15ClF2KN3O5. The molecule has 31 heavy (non-hydrogen) atoms. The van der Waals surface area contributed by atoms with Gasteiger partial charge in [0.2, 0.25) is 0 Å². The van der Waals surface area contributed by atoms with Crippen LogP contribution in [0.25, 0.3) is 11.3 Å². The molecule has 0 saturated carbocycles. The van der Waals surface area contributed by atoms with E-state index in [2.05, 4.69) is 5.16 Å². The monoisotopic (exact) mass is 477 g/mol. The molecule has 2 heterocycles. The number of aromatic hydroxyl groups is 1. The number of benzene rings is 1. The van der Waals surface area contributed by atoms with Crippen LogP contribution in [0, 0.1) is 0 Å². The van der Waals surface area contributed by atoms with E-state index >= 15 is 0 Å². The summed E-state index contributed by atoms with van der Waals surface area (Å²) in [5.41, 5.74) is -0.692. The minimum Gasteiger partial charge on any atom is -0.545 e. The van der Waals surface area contributed by atoms with Crippen molar-refractivity contribution in [1.29, 1.82) is 0 Å². The zero-order valence-corrected chi connectivity index (χ0v) is 20.4. The molecule has 0 radical (unpaired) electrons. The fraction of sp³-hybridized carbons (Fsp3) is 0.211. The van der Waals surface area contributed by atoms with Gasteiger partial charge in [-0.3, -0.25) is 4.79 Å². The number of carbonyl (C=O) groups excluding carboxylic acids is 2. The molecule has 0 aliphatic rings. The van der Waals surface area contributed by atoms with E-state index < -0.39 is 29.8 Å². The summed E-state index contributed by atoms with van der Waals surface area (Å²) in [6.45, 7) is 2.07. The van der Waals surface area contributed by atoms with Gasteiger partial charge in [-0.05, 0) is 31.2 Å². The van der Waals surface area contributed by atoms with E-state index in [-0.39, 0.29) is 79.3 Å². The van der Waals surface area contributed by atoms with Crippen LogP contribution < -0.4 is 61.8 Å². The average Bonchev–Trinajstić information content (AvgIpc) is 3.26. The Morgan fingerprint density at radius 1 is 1.29 bits per heavy atom. The maximum Gasteiger partial charge on any atom is 1.00 e. The number of hydrogen-bond acceptors (Lipinski definition) is 6. The largest absolute Gasteiger partial charge is 1.00 e. The van der Waals surface area contributed by atoms with Crippen molar-refractivity contribution >= 4 is 29.2 Å². The molecule has 158 valence electrons. The number of carboxylic acids is 1. The Bertz CT molecular complexity index is 1100. The van der Waals surface area contributed by atoms with Crippen molar-refractivity contribution in [2.24, 2.45) is 0 Å². The number of carboxylic acid groups (broad SMARTS) is 1. The van der Waals surface area contributed by atoms with Crippen LogP contribution in [-0.4, -0.2) is 32.6 Å². The number of hydrogen-bond donors (Lipinski definition) is 2. The Hall–Kier alpha value is -1.76. The number of rotatable bonds is 7. The number of aryl methyl sites for hydroxylation is 1. The Morgan fingerprint density at radius 2 is 1.94 bits per heavy atom. The van der Waals surface area contributed by atoms with Gasteiger partial charge in [0.1, 0.15) is 16.5 Å². The van der Waals surface area contributed by atoms with Gasteiger partial charge in [-0.15, -0.1) is 0 Å². The van der Waals surface area contributed by atoms with Crippen LogP contribution in [0.15, 0.2) is 41.2 Å². The summed E-state index contributed by atoms with van der Waals surface area (Å²) >= 11 is 6.09. The van der Waals surface area contributed by atoms with E-state index in [1.807, 2.05) is 5.32 Å². The van der Waals surface area contributed by atoms with Crippen LogP contribution in [-0.2, 0) is 17.8 Å². The minimum absolute atomic E-state index is 0. The van der Waals surface area contributed by atoms with Crippen LogP contribution in [0.1, 0.15) is 23.0 Å². The minimum atomic E-state index is -3.97. The first-order valence-electron chi connectivity index (χ1n) is 8.66. The number of amides is 1. The molecule has 2 N–H and O–H groups in total. The second-order valence-electron chi connectivity index (χ2n) is 6.36. The molecule has 0 spiro atoms. The number of carbonyl (C=O) groups is 2. The van der Waals surface area contributed by atoms with Crippen molar-refractivity contribution < 1.29 is 84.5 Å². The summed E-state index contributed by atoms with van der Waals surface area (Å²) in [5, 5.41) is 25.7. The number of alkyl halides is 2. The molecule has 8 nitrogen and oxygen atoms in total. The van der Waals surface area contributed by atoms with Crippen LogP contribution >= 0.6 is 11.6 Å². The fourth-order valence-corrected chi connectivity index (χ4v) is 2.92. The predicted octanol–water partition coefficient (Wildman–Crippen LogP) is -0.294.